The largest absolute Gasteiger partial charge is 0.490 e. The normalized spacial score (nSPS) is 18.0. The predicted molar refractivity (Wildman–Crippen MR) is 92.7 cm³/mol. The van der Waals surface area contributed by atoms with Gasteiger partial charge in [0.15, 0.2) is 0 Å². The molecule has 1 atom stereocenters. The van der Waals surface area contributed by atoms with E-state index in [0.717, 1.165) is 19.3 Å². The maximum atomic E-state index is 12.4. The SMILES string of the molecule is C=CCOc1ccc(C(=O)OC(C)(C)C2CC=C(C)CC2)cc1. The number of carbonyl (C=O) groups is 1. The standard InChI is InChI=1S/C20H26O3/c1-5-14-22-18-12-8-16(9-13-18)19(21)23-20(3,4)17-10-6-15(2)7-11-17/h5-6,8-9,12-13,17H,1,7,10-11,14H2,2-4H3. The topological polar surface area (TPSA) is 35.5 Å². The molecule has 0 aliphatic heterocycles. The summed E-state index contributed by atoms with van der Waals surface area (Å²) in [6, 6.07) is 7.03. The first-order chi connectivity index (χ1) is 10.9. The highest BCUT2D eigenvalue weighted by Gasteiger charge is 2.34. The van der Waals surface area contributed by atoms with E-state index in [0.29, 0.717) is 23.8 Å². The van der Waals surface area contributed by atoms with Crippen LogP contribution in [0, 0.1) is 5.92 Å². The molecule has 0 saturated heterocycles. The van der Waals surface area contributed by atoms with Crippen molar-refractivity contribution in [3.05, 3.63) is 54.1 Å². The van der Waals surface area contributed by atoms with Gasteiger partial charge in [0.2, 0.25) is 0 Å². The Hall–Kier alpha value is -2.03. The van der Waals surface area contributed by atoms with Gasteiger partial charge in [0.25, 0.3) is 0 Å². The highest BCUT2D eigenvalue weighted by atomic mass is 16.6. The molecule has 0 N–H and O–H groups in total. The summed E-state index contributed by atoms with van der Waals surface area (Å²) in [5.41, 5.74) is 1.51. The third-order valence-electron chi connectivity index (χ3n) is 4.43. The second-order valence-electron chi connectivity index (χ2n) is 6.64. The molecule has 0 amide bonds. The van der Waals surface area contributed by atoms with E-state index in [2.05, 4.69) is 19.6 Å². The van der Waals surface area contributed by atoms with Gasteiger partial charge in [-0.2, -0.15) is 0 Å². The zero-order valence-electron chi connectivity index (χ0n) is 14.3. The summed E-state index contributed by atoms with van der Waals surface area (Å²) in [4.78, 5) is 12.4. The fraction of sp³-hybridized carbons (Fsp3) is 0.450. The van der Waals surface area contributed by atoms with E-state index in [1.54, 1.807) is 30.3 Å². The first kappa shape index (κ1) is 17.3. The molecule has 1 unspecified atom stereocenters. The Morgan fingerprint density at radius 3 is 2.61 bits per heavy atom. The molecule has 3 nitrogen and oxygen atoms in total. The molecule has 0 spiro atoms. The molecule has 0 radical (unpaired) electrons. The molecule has 2 rings (SSSR count). The molecule has 0 heterocycles. The number of carbonyl (C=O) groups excluding carboxylic acids is 1. The van der Waals surface area contributed by atoms with Gasteiger partial charge in [0.05, 0.1) is 5.56 Å². The van der Waals surface area contributed by atoms with Gasteiger partial charge in [-0.15, -0.1) is 0 Å². The Morgan fingerprint density at radius 2 is 2.04 bits per heavy atom. The van der Waals surface area contributed by atoms with Crippen LogP contribution in [0.15, 0.2) is 48.6 Å². The summed E-state index contributed by atoms with van der Waals surface area (Å²) in [5, 5.41) is 0. The minimum Gasteiger partial charge on any atom is -0.490 e. The summed E-state index contributed by atoms with van der Waals surface area (Å²) >= 11 is 0. The molecule has 0 saturated carbocycles. The van der Waals surface area contributed by atoms with Crippen molar-refractivity contribution in [2.45, 2.75) is 45.6 Å². The van der Waals surface area contributed by atoms with E-state index in [9.17, 15) is 4.79 Å². The number of esters is 1. The zero-order chi connectivity index (χ0) is 16.9. The molecule has 0 bridgehead atoms. The van der Waals surface area contributed by atoms with Crippen LogP contribution < -0.4 is 4.74 Å². The minimum atomic E-state index is -0.466. The predicted octanol–water partition coefficient (Wildman–Crippen LogP) is 4.93. The van der Waals surface area contributed by atoms with Crippen LogP contribution in [0.5, 0.6) is 5.75 Å². The van der Waals surface area contributed by atoms with E-state index < -0.39 is 5.60 Å². The summed E-state index contributed by atoms with van der Waals surface area (Å²) < 4.78 is 11.2. The van der Waals surface area contributed by atoms with Crippen molar-refractivity contribution in [2.24, 2.45) is 5.92 Å². The van der Waals surface area contributed by atoms with Gasteiger partial charge >= 0.3 is 5.97 Å². The lowest BCUT2D eigenvalue weighted by atomic mass is 9.79. The summed E-state index contributed by atoms with van der Waals surface area (Å²) in [6.45, 7) is 10.2. The van der Waals surface area contributed by atoms with Crippen molar-refractivity contribution in [1.29, 1.82) is 0 Å². The quantitative estimate of drug-likeness (QED) is 0.551. The molecule has 1 aliphatic rings. The Kier molecular flexibility index (Phi) is 5.64. The van der Waals surface area contributed by atoms with Crippen molar-refractivity contribution < 1.29 is 14.3 Å². The van der Waals surface area contributed by atoms with E-state index >= 15 is 0 Å². The number of allylic oxidation sites excluding steroid dienone is 2. The second-order valence-corrected chi connectivity index (χ2v) is 6.64. The van der Waals surface area contributed by atoms with Gasteiger partial charge in [-0.3, -0.25) is 0 Å². The van der Waals surface area contributed by atoms with Crippen LogP contribution in [0.3, 0.4) is 0 Å². The van der Waals surface area contributed by atoms with Crippen molar-refractivity contribution in [3.8, 4) is 5.75 Å². The van der Waals surface area contributed by atoms with E-state index in [1.807, 2.05) is 13.8 Å². The molecule has 0 fully saturated rings. The van der Waals surface area contributed by atoms with Gasteiger partial charge < -0.3 is 9.47 Å². The van der Waals surface area contributed by atoms with Gasteiger partial charge in [-0.25, -0.2) is 4.79 Å². The lowest BCUT2D eigenvalue weighted by molar-refractivity contribution is -0.0322. The number of ether oxygens (including phenoxy) is 2. The number of hydrogen-bond acceptors (Lipinski definition) is 3. The summed E-state index contributed by atoms with van der Waals surface area (Å²) in [5.74, 6) is 0.801. The summed E-state index contributed by atoms with van der Waals surface area (Å²) in [6.07, 6.45) is 7.07. The zero-order valence-corrected chi connectivity index (χ0v) is 14.3. The molecule has 23 heavy (non-hydrogen) atoms. The highest BCUT2D eigenvalue weighted by molar-refractivity contribution is 5.89. The van der Waals surface area contributed by atoms with Crippen molar-refractivity contribution in [1.82, 2.24) is 0 Å². The molecule has 3 heteroatoms. The van der Waals surface area contributed by atoms with Gasteiger partial charge in [0, 0.05) is 5.92 Å². The average molecular weight is 314 g/mol. The fourth-order valence-corrected chi connectivity index (χ4v) is 2.82. The van der Waals surface area contributed by atoms with Gasteiger partial charge in [0.1, 0.15) is 18.0 Å². The Morgan fingerprint density at radius 1 is 1.35 bits per heavy atom. The van der Waals surface area contributed by atoms with Crippen LogP contribution in [0.4, 0.5) is 0 Å². The average Bonchev–Trinajstić information content (AvgIpc) is 2.53. The van der Waals surface area contributed by atoms with Crippen LogP contribution in [0.2, 0.25) is 0 Å². The number of benzene rings is 1. The van der Waals surface area contributed by atoms with Crippen molar-refractivity contribution in [3.63, 3.8) is 0 Å². The monoisotopic (exact) mass is 314 g/mol. The molecule has 1 aromatic rings. The van der Waals surface area contributed by atoms with Gasteiger partial charge in [-0.1, -0.05) is 24.3 Å². The third-order valence-corrected chi connectivity index (χ3v) is 4.43. The molecule has 124 valence electrons. The van der Waals surface area contributed by atoms with Crippen LogP contribution in [0.1, 0.15) is 50.4 Å². The molecule has 1 aromatic carbocycles. The van der Waals surface area contributed by atoms with Crippen LogP contribution >= 0.6 is 0 Å². The van der Waals surface area contributed by atoms with Crippen LogP contribution in [-0.4, -0.2) is 18.2 Å². The highest BCUT2D eigenvalue weighted by Crippen LogP contribution is 2.34. The third kappa shape index (κ3) is 4.72. The number of rotatable bonds is 6. The lowest BCUT2D eigenvalue weighted by Gasteiger charge is -2.35. The smallest absolute Gasteiger partial charge is 0.338 e. The lowest BCUT2D eigenvalue weighted by Crippen LogP contribution is -2.37. The van der Waals surface area contributed by atoms with Crippen molar-refractivity contribution in [2.75, 3.05) is 6.61 Å². The fourth-order valence-electron chi connectivity index (χ4n) is 2.82. The minimum absolute atomic E-state index is 0.281. The first-order valence-corrected chi connectivity index (χ1v) is 8.15. The Labute approximate surface area is 139 Å². The van der Waals surface area contributed by atoms with Gasteiger partial charge in [-0.05, 0) is 64.3 Å². The maximum Gasteiger partial charge on any atom is 0.338 e. The summed E-state index contributed by atoms with van der Waals surface area (Å²) in [7, 11) is 0. The van der Waals surface area contributed by atoms with Crippen LogP contribution in [0.25, 0.3) is 0 Å². The van der Waals surface area contributed by atoms with Crippen LogP contribution in [-0.2, 0) is 4.74 Å². The first-order valence-electron chi connectivity index (χ1n) is 8.15. The van der Waals surface area contributed by atoms with E-state index in [1.165, 1.54) is 5.57 Å². The number of hydrogen-bond donors (Lipinski definition) is 0. The molecule has 0 aromatic heterocycles. The Balaban J connectivity index is 1.98. The van der Waals surface area contributed by atoms with Crippen molar-refractivity contribution >= 4 is 5.97 Å². The second kappa shape index (κ2) is 7.49. The Bertz CT molecular complexity index is 581. The molecule has 1 aliphatic carbocycles. The van der Waals surface area contributed by atoms with E-state index in [-0.39, 0.29) is 5.97 Å². The molecular formula is C20H26O3. The molecular weight excluding hydrogens is 288 g/mol. The maximum absolute atomic E-state index is 12.4. The van der Waals surface area contributed by atoms with E-state index in [4.69, 9.17) is 9.47 Å².